The van der Waals surface area contributed by atoms with Crippen molar-refractivity contribution in [3.63, 3.8) is 0 Å². The van der Waals surface area contributed by atoms with Crippen molar-refractivity contribution in [2.75, 3.05) is 0 Å². The van der Waals surface area contributed by atoms with Gasteiger partial charge in [0, 0.05) is 17.4 Å². The van der Waals surface area contributed by atoms with E-state index in [1.807, 2.05) is 0 Å². The highest BCUT2D eigenvalue weighted by Crippen LogP contribution is 2.23. The molecule has 0 bridgehead atoms. The number of rotatable bonds is 4. The molecule has 2 N–H and O–H groups in total. The molecule has 164 valence electrons. The van der Waals surface area contributed by atoms with E-state index in [0.29, 0.717) is 22.1 Å². The maximum Gasteiger partial charge on any atom is 0.269 e. The van der Waals surface area contributed by atoms with Crippen molar-refractivity contribution in [1.82, 2.24) is 29.3 Å². The van der Waals surface area contributed by atoms with Crippen LogP contribution in [0.2, 0.25) is 5.02 Å². The third-order valence-corrected chi connectivity index (χ3v) is 6.03. The van der Waals surface area contributed by atoms with Gasteiger partial charge in [-0.25, -0.2) is 28.2 Å². The summed E-state index contributed by atoms with van der Waals surface area (Å²) in [6, 6.07) is 12.6. The summed E-state index contributed by atoms with van der Waals surface area (Å²) in [5, 5.41) is 10.3. The molecule has 33 heavy (non-hydrogen) atoms. The predicted octanol–water partition coefficient (Wildman–Crippen LogP) is 2.33. The predicted molar refractivity (Wildman–Crippen MR) is 122 cm³/mol. The number of benzene rings is 2. The van der Waals surface area contributed by atoms with E-state index in [9.17, 15) is 13.2 Å². The normalized spacial score (nSPS) is 11.7. The minimum Gasteiger partial charge on any atom is -0.268 e. The molecule has 3 aromatic heterocycles. The molecule has 0 aliphatic carbocycles. The second kappa shape index (κ2) is 7.89. The molecule has 5 aromatic rings. The number of aromatic nitrogens is 6. The monoisotopic (exact) mass is 479 g/mol. The molecule has 0 unspecified atom stereocenters. The van der Waals surface area contributed by atoms with E-state index in [1.54, 1.807) is 30.3 Å². The van der Waals surface area contributed by atoms with Crippen LogP contribution in [0.5, 0.6) is 0 Å². The first-order chi connectivity index (χ1) is 15.8. The van der Waals surface area contributed by atoms with Crippen molar-refractivity contribution >= 4 is 32.7 Å². The van der Waals surface area contributed by atoms with E-state index in [0.717, 1.165) is 0 Å². The first-order valence-corrected chi connectivity index (χ1v) is 11.4. The van der Waals surface area contributed by atoms with Crippen LogP contribution in [0.1, 0.15) is 0 Å². The van der Waals surface area contributed by atoms with Gasteiger partial charge in [0.15, 0.2) is 11.5 Å². The van der Waals surface area contributed by atoms with Gasteiger partial charge in [0.05, 0.1) is 28.7 Å². The lowest BCUT2D eigenvalue weighted by Crippen LogP contribution is -2.22. The van der Waals surface area contributed by atoms with Gasteiger partial charge in [0.25, 0.3) is 5.56 Å². The Hall–Kier alpha value is -3.93. The highest BCUT2D eigenvalue weighted by Gasteiger charge is 2.20. The minimum absolute atomic E-state index is 0.0905. The van der Waals surface area contributed by atoms with Crippen molar-refractivity contribution in [2.45, 2.75) is 4.90 Å². The van der Waals surface area contributed by atoms with Gasteiger partial charge in [-0.1, -0.05) is 17.7 Å². The lowest BCUT2D eigenvalue weighted by atomic mass is 10.2. The van der Waals surface area contributed by atoms with Gasteiger partial charge in [0.2, 0.25) is 10.0 Å². The lowest BCUT2D eigenvalue weighted by Gasteiger charge is -2.13. The molecule has 0 saturated carbocycles. The molecular weight excluding hydrogens is 466 g/mol. The molecule has 3 heterocycles. The van der Waals surface area contributed by atoms with Crippen molar-refractivity contribution in [3.05, 3.63) is 88.7 Å². The smallest absolute Gasteiger partial charge is 0.268 e. The number of fused-ring (bicyclic) bond motifs is 1. The molecule has 0 saturated heterocycles. The molecule has 0 atom stereocenters. The van der Waals surface area contributed by atoms with Crippen molar-refractivity contribution in [2.24, 2.45) is 5.14 Å². The summed E-state index contributed by atoms with van der Waals surface area (Å²) in [4.78, 5) is 26.5. The average molecular weight is 480 g/mol. The summed E-state index contributed by atoms with van der Waals surface area (Å²) < 4.78 is 26.4. The highest BCUT2D eigenvalue weighted by molar-refractivity contribution is 7.89. The molecule has 0 spiro atoms. The second-order valence-corrected chi connectivity index (χ2v) is 8.98. The van der Waals surface area contributed by atoms with Crippen LogP contribution < -0.4 is 10.7 Å². The molecule has 0 aliphatic rings. The van der Waals surface area contributed by atoms with E-state index < -0.39 is 15.6 Å². The maximum atomic E-state index is 13.6. The standard InChI is InChI=1S/C21H14ClN7O3S/c22-13-4-6-14(7-5-13)28-20(18-12-24-8-9-25-18)27-19-17(21(28)30)11-26-29(19)15-2-1-3-16(10-15)33(23,31)32/h1-12H,(H2,23,31,32). The van der Waals surface area contributed by atoms with E-state index >= 15 is 0 Å². The van der Waals surface area contributed by atoms with Crippen LogP contribution in [0.15, 0.2) is 83.0 Å². The molecule has 0 aliphatic heterocycles. The van der Waals surface area contributed by atoms with Crippen LogP contribution >= 0.6 is 11.6 Å². The van der Waals surface area contributed by atoms with Crippen molar-refractivity contribution < 1.29 is 8.42 Å². The molecule has 10 nitrogen and oxygen atoms in total. The Kier molecular flexibility index (Phi) is 5.01. The van der Waals surface area contributed by atoms with Gasteiger partial charge in [0.1, 0.15) is 11.1 Å². The minimum atomic E-state index is -3.93. The summed E-state index contributed by atoms with van der Waals surface area (Å²) >= 11 is 6.02. The number of hydrogen-bond donors (Lipinski definition) is 1. The first kappa shape index (κ1) is 20.9. The van der Waals surface area contributed by atoms with E-state index in [4.69, 9.17) is 16.7 Å². The maximum absolute atomic E-state index is 13.6. The molecule has 0 amide bonds. The number of nitrogens with zero attached hydrogens (tertiary/aromatic N) is 6. The zero-order valence-electron chi connectivity index (χ0n) is 16.7. The van der Waals surface area contributed by atoms with Gasteiger partial charge in [-0.2, -0.15) is 5.10 Å². The van der Waals surface area contributed by atoms with Crippen LogP contribution in [0, 0.1) is 0 Å². The van der Waals surface area contributed by atoms with E-state index in [1.165, 1.54) is 52.2 Å². The molecule has 12 heteroatoms. The van der Waals surface area contributed by atoms with Gasteiger partial charge in [-0.05, 0) is 42.5 Å². The average Bonchev–Trinajstić information content (AvgIpc) is 3.24. The summed E-state index contributed by atoms with van der Waals surface area (Å²) in [5.74, 6) is 0.229. The van der Waals surface area contributed by atoms with Crippen LogP contribution in [0.4, 0.5) is 0 Å². The number of nitrogens with two attached hydrogens (primary N) is 1. The van der Waals surface area contributed by atoms with Crippen LogP contribution in [0.3, 0.4) is 0 Å². The quantitative estimate of drug-likeness (QED) is 0.417. The first-order valence-electron chi connectivity index (χ1n) is 9.49. The summed E-state index contributed by atoms with van der Waals surface area (Å²) in [6.45, 7) is 0. The summed E-state index contributed by atoms with van der Waals surface area (Å²) in [7, 11) is -3.93. The fraction of sp³-hybridized carbons (Fsp3) is 0. The molecule has 2 aromatic carbocycles. The SMILES string of the molecule is NS(=O)(=O)c1cccc(-n2ncc3c(=O)n(-c4ccc(Cl)cc4)c(-c4cnccn4)nc32)c1. The largest absolute Gasteiger partial charge is 0.269 e. The molecule has 0 fully saturated rings. The Balaban J connectivity index is 1.82. The second-order valence-electron chi connectivity index (χ2n) is 6.98. The lowest BCUT2D eigenvalue weighted by molar-refractivity contribution is 0.597. The Morgan fingerprint density at radius 3 is 2.45 bits per heavy atom. The summed E-state index contributed by atoms with van der Waals surface area (Å²) in [6.07, 6.45) is 5.87. The van der Waals surface area contributed by atoms with Gasteiger partial charge in [-0.3, -0.25) is 14.3 Å². The number of hydrogen-bond acceptors (Lipinski definition) is 7. The van der Waals surface area contributed by atoms with Crippen LogP contribution in [-0.4, -0.2) is 37.7 Å². The zero-order valence-corrected chi connectivity index (χ0v) is 18.3. The fourth-order valence-corrected chi connectivity index (χ4v) is 4.04. The number of primary sulfonamides is 1. The van der Waals surface area contributed by atoms with Crippen LogP contribution in [0.25, 0.3) is 33.9 Å². The van der Waals surface area contributed by atoms with Gasteiger partial charge in [-0.15, -0.1) is 0 Å². The summed E-state index contributed by atoms with van der Waals surface area (Å²) in [5.41, 5.74) is 1.09. The Morgan fingerprint density at radius 2 is 1.76 bits per heavy atom. The third kappa shape index (κ3) is 3.78. The molecular formula is C21H14ClN7O3S. The van der Waals surface area contributed by atoms with Gasteiger partial charge < -0.3 is 0 Å². The van der Waals surface area contributed by atoms with E-state index in [-0.39, 0.29) is 21.8 Å². The van der Waals surface area contributed by atoms with Crippen molar-refractivity contribution in [1.29, 1.82) is 0 Å². The fourth-order valence-electron chi connectivity index (χ4n) is 3.36. The number of sulfonamides is 1. The van der Waals surface area contributed by atoms with Crippen LogP contribution in [-0.2, 0) is 10.0 Å². The Bertz CT molecular complexity index is 1660. The molecule has 0 radical (unpaired) electrons. The Labute approximate surface area is 192 Å². The van der Waals surface area contributed by atoms with Crippen molar-refractivity contribution in [3.8, 4) is 22.9 Å². The third-order valence-electron chi connectivity index (χ3n) is 4.87. The topological polar surface area (TPSA) is 139 Å². The zero-order chi connectivity index (χ0) is 23.2. The highest BCUT2D eigenvalue weighted by atomic mass is 35.5. The Morgan fingerprint density at radius 1 is 0.970 bits per heavy atom. The number of halogens is 1. The molecule has 5 rings (SSSR count). The van der Waals surface area contributed by atoms with Gasteiger partial charge >= 0.3 is 0 Å². The van der Waals surface area contributed by atoms with E-state index in [2.05, 4.69) is 20.1 Å².